The molecule has 0 amide bonds. The lowest BCUT2D eigenvalue weighted by molar-refractivity contribution is 0.0116. The van der Waals surface area contributed by atoms with Gasteiger partial charge < -0.3 is 14.7 Å². The Hall–Kier alpha value is -1.10. The van der Waals surface area contributed by atoms with E-state index in [9.17, 15) is 5.11 Å². The number of benzene rings is 1. The molecular weight excluding hydrogens is 218 g/mol. The Labute approximate surface area is 102 Å². The van der Waals surface area contributed by atoms with Gasteiger partial charge in [-0.2, -0.15) is 0 Å². The molecule has 1 unspecified atom stereocenters. The highest BCUT2D eigenvalue weighted by atomic mass is 16.6. The number of aliphatic hydroxyl groups is 1. The molecule has 0 aliphatic rings. The highest BCUT2D eigenvalue weighted by Gasteiger charge is 2.13. The molecule has 1 rings (SSSR count). The molecule has 0 radical (unpaired) electrons. The summed E-state index contributed by atoms with van der Waals surface area (Å²) in [7, 11) is 0. The van der Waals surface area contributed by atoms with Crippen molar-refractivity contribution in [1.29, 1.82) is 0 Å². The van der Waals surface area contributed by atoms with Gasteiger partial charge in [0, 0.05) is 0 Å². The molecule has 4 heteroatoms. The summed E-state index contributed by atoms with van der Waals surface area (Å²) < 4.78 is 5.40. The molecule has 4 nitrogen and oxygen atoms in total. The van der Waals surface area contributed by atoms with Gasteiger partial charge in [-0.3, -0.25) is 0 Å². The van der Waals surface area contributed by atoms with Gasteiger partial charge >= 0.3 is 0 Å². The standard InChI is InChI=1S/C13H21NO3/c1-13(2,3)10-4-6-12(7-5-10)16-8-11(15)9-17-14/h4-7,11,15H,8-9,14H2,1-3H3. The van der Waals surface area contributed by atoms with E-state index >= 15 is 0 Å². The highest BCUT2D eigenvalue weighted by molar-refractivity contribution is 5.31. The molecule has 0 saturated carbocycles. The molecule has 0 saturated heterocycles. The van der Waals surface area contributed by atoms with E-state index in [4.69, 9.17) is 10.6 Å². The second kappa shape index (κ2) is 6.00. The quantitative estimate of drug-likeness (QED) is 0.766. The van der Waals surface area contributed by atoms with Crippen LogP contribution < -0.4 is 10.6 Å². The first kappa shape index (κ1) is 14.0. The number of hydrogen-bond donors (Lipinski definition) is 2. The van der Waals surface area contributed by atoms with Crippen molar-refractivity contribution in [1.82, 2.24) is 0 Å². The summed E-state index contributed by atoms with van der Waals surface area (Å²) in [6.45, 7) is 6.72. The highest BCUT2D eigenvalue weighted by Crippen LogP contribution is 2.24. The summed E-state index contributed by atoms with van der Waals surface area (Å²) in [6.07, 6.45) is -0.706. The molecule has 3 N–H and O–H groups in total. The van der Waals surface area contributed by atoms with Crippen LogP contribution in [0.2, 0.25) is 0 Å². The number of ether oxygens (including phenoxy) is 1. The van der Waals surface area contributed by atoms with Crippen molar-refractivity contribution in [3.8, 4) is 5.75 Å². The van der Waals surface area contributed by atoms with Crippen LogP contribution in [0.25, 0.3) is 0 Å². The van der Waals surface area contributed by atoms with Crippen LogP contribution in [0.3, 0.4) is 0 Å². The minimum atomic E-state index is -0.706. The Morgan fingerprint density at radius 3 is 2.24 bits per heavy atom. The Balaban J connectivity index is 2.51. The third kappa shape index (κ3) is 4.73. The van der Waals surface area contributed by atoms with Crippen molar-refractivity contribution in [2.45, 2.75) is 32.3 Å². The molecule has 0 aromatic heterocycles. The maximum absolute atomic E-state index is 9.36. The summed E-state index contributed by atoms with van der Waals surface area (Å²) in [5, 5.41) is 9.36. The summed E-state index contributed by atoms with van der Waals surface area (Å²) >= 11 is 0. The van der Waals surface area contributed by atoms with Crippen LogP contribution in [0, 0.1) is 0 Å². The SMILES string of the molecule is CC(C)(C)c1ccc(OCC(O)CON)cc1. The molecule has 0 fully saturated rings. The predicted octanol–water partition coefficient (Wildman–Crippen LogP) is 1.61. The van der Waals surface area contributed by atoms with E-state index in [-0.39, 0.29) is 18.6 Å². The largest absolute Gasteiger partial charge is 0.491 e. The molecule has 17 heavy (non-hydrogen) atoms. The lowest BCUT2D eigenvalue weighted by atomic mass is 9.87. The second-order valence-corrected chi connectivity index (χ2v) is 5.07. The zero-order valence-corrected chi connectivity index (χ0v) is 10.6. The summed E-state index contributed by atoms with van der Waals surface area (Å²) in [5.41, 5.74) is 1.38. The van der Waals surface area contributed by atoms with E-state index in [1.54, 1.807) is 0 Å². The number of nitrogens with two attached hydrogens (primary N) is 1. The zero-order valence-electron chi connectivity index (χ0n) is 10.6. The Morgan fingerprint density at radius 1 is 1.18 bits per heavy atom. The van der Waals surface area contributed by atoms with Crippen LogP contribution in [-0.4, -0.2) is 24.4 Å². The molecule has 1 atom stereocenters. The van der Waals surface area contributed by atoms with E-state index in [0.29, 0.717) is 0 Å². The molecule has 1 aromatic rings. The van der Waals surface area contributed by atoms with Crippen molar-refractivity contribution in [3.63, 3.8) is 0 Å². The van der Waals surface area contributed by atoms with Gasteiger partial charge in [0.05, 0.1) is 6.61 Å². The van der Waals surface area contributed by atoms with Gasteiger partial charge in [0.2, 0.25) is 0 Å². The molecule has 0 bridgehead atoms. The van der Waals surface area contributed by atoms with Gasteiger partial charge in [-0.1, -0.05) is 32.9 Å². The van der Waals surface area contributed by atoms with Gasteiger partial charge in [-0.15, -0.1) is 0 Å². The Morgan fingerprint density at radius 2 is 1.76 bits per heavy atom. The van der Waals surface area contributed by atoms with Crippen LogP contribution in [0.5, 0.6) is 5.75 Å². The van der Waals surface area contributed by atoms with Crippen LogP contribution in [-0.2, 0) is 10.3 Å². The van der Waals surface area contributed by atoms with Crippen molar-refractivity contribution >= 4 is 0 Å². The monoisotopic (exact) mass is 239 g/mol. The van der Waals surface area contributed by atoms with Gasteiger partial charge in [0.15, 0.2) is 0 Å². The van der Waals surface area contributed by atoms with E-state index in [1.165, 1.54) is 5.56 Å². The Kier molecular flexibility index (Phi) is 4.93. The minimum Gasteiger partial charge on any atom is -0.491 e. The lowest BCUT2D eigenvalue weighted by Gasteiger charge is -2.19. The van der Waals surface area contributed by atoms with E-state index < -0.39 is 6.10 Å². The van der Waals surface area contributed by atoms with Crippen LogP contribution in [0.15, 0.2) is 24.3 Å². The molecule has 0 aliphatic heterocycles. The first-order valence-corrected chi connectivity index (χ1v) is 5.66. The number of aliphatic hydroxyl groups excluding tert-OH is 1. The van der Waals surface area contributed by atoms with Crippen molar-refractivity contribution in [3.05, 3.63) is 29.8 Å². The fourth-order valence-corrected chi connectivity index (χ4v) is 1.40. The fourth-order valence-electron chi connectivity index (χ4n) is 1.40. The summed E-state index contributed by atoms with van der Waals surface area (Å²) in [6, 6.07) is 7.86. The lowest BCUT2D eigenvalue weighted by Crippen LogP contribution is -2.25. The summed E-state index contributed by atoms with van der Waals surface area (Å²) in [5.74, 6) is 5.58. The molecule has 0 aliphatic carbocycles. The second-order valence-electron chi connectivity index (χ2n) is 5.07. The van der Waals surface area contributed by atoms with Gasteiger partial charge in [0.25, 0.3) is 0 Å². The topological polar surface area (TPSA) is 64.7 Å². The molecule has 0 heterocycles. The third-order valence-electron chi connectivity index (χ3n) is 2.45. The average molecular weight is 239 g/mol. The predicted molar refractivity (Wildman–Crippen MR) is 66.8 cm³/mol. The average Bonchev–Trinajstić information content (AvgIpc) is 2.26. The van der Waals surface area contributed by atoms with Gasteiger partial charge in [-0.25, -0.2) is 5.90 Å². The Bertz CT molecular complexity index is 330. The van der Waals surface area contributed by atoms with Gasteiger partial charge in [0.1, 0.15) is 18.5 Å². The number of rotatable bonds is 5. The normalized spacial score (nSPS) is 13.5. The van der Waals surface area contributed by atoms with E-state index in [1.807, 2.05) is 24.3 Å². The van der Waals surface area contributed by atoms with Gasteiger partial charge in [-0.05, 0) is 23.1 Å². The maximum atomic E-state index is 9.36. The third-order valence-corrected chi connectivity index (χ3v) is 2.45. The van der Waals surface area contributed by atoms with Crippen molar-refractivity contribution < 1.29 is 14.7 Å². The molecular formula is C13H21NO3. The summed E-state index contributed by atoms with van der Waals surface area (Å²) in [4.78, 5) is 4.33. The van der Waals surface area contributed by atoms with Crippen LogP contribution >= 0.6 is 0 Å². The van der Waals surface area contributed by atoms with Crippen LogP contribution in [0.1, 0.15) is 26.3 Å². The zero-order chi connectivity index (χ0) is 12.9. The van der Waals surface area contributed by atoms with Crippen molar-refractivity contribution in [2.24, 2.45) is 5.90 Å². The first-order valence-electron chi connectivity index (χ1n) is 5.66. The van der Waals surface area contributed by atoms with E-state index in [2.05, 4.69) is 25.6 Å². The number of hydrogen-bond acceptors (Lipinski definition) is 4. The van der Waals surface area contributed by atoms with Crippen molar-refractivity contribution in [2.75, 3.05) is 13.2 Å². The minimum absolute atomic E-state index is 0.0695. The van der Waals surface area contributed by atoms with E-state index in [0.717, 1.165) is 5.75 Å². The molecule has 0 spiro atoms. The molecule has 1 aromatic carbocycles. The smallest absolute Gasteiger partial charge is 0.119 e. The maximum Gasteiger partial charge on any atom is 0.119 e. The fraction of sp³-hybridized carbons (Fsp3) is 0.538. The van der Waals surface area contributed by atoms with Crippen LogP contribution in [0.4, 0.5) is 0 Å². The molecule has 96 valence electrons. The first-order chi connectivity index (χ1) is 7.93.